The van der Waals surface area contributed by atoms with Gasteiger partial charge in [-0.15, -0.1) is 0 Å². The molecule has 0 aliphatic heterocycles. The summed E-state index contributed by atoms with van der Waals surface area (Å²) in [5.74, 6) is -0.754. The lowest BCUT2D eigenvalue weighted by atomic mass is 10.00. The first kappa shape index (κ1) is 24.4. The lowest BCUT2D eigenvalue weighted by molar-refractivity contribution is -0.527. The van der Waals surface area contributed by atoms with Crippen LogP contribution in [0.2, 0.25) is 0 Å². The maximum atomic E-state index is 10.4. The van der Waals surface area contributed by atoms with E-state index in [0.29, 0.717) is 5.39 Å². The Hall–Kier alpha value is -0.810. The standard InChI is InChI=1S/C8H16O2.C6H15NO6/c1-3-5-6-7(4-2)8(9)10;8-1-4-11-7(12-5-2-9)13-6-3-10/h7H,3-6H2,1-2H3,(H,9,10);8-10H,1-6H2. The molecule has 0 aromatic carbocycles. The van der Waals surface area contributed by atoms with Gasteiger partial charge in [-0.05, 0) is 12.8 Å². The van der Waals surface area contributed by atoms with Crippen molar-refractivity contribution < 1.29 is 39.7 Å². The van der Waals surface area contributed by atoms with Crippen molar-refractivity contribution in [1.29, 1.82) is 0 Å². The predicted molar refractivity (Wildman–Crippen MR) is 81.9 cm³/mol. The largest absolute Gasteiger partial charge is 0.481 e. The molecular formula is C14H31NO8. The first-order valence-electron chi connectivity index (χ1n) is 7.81. The summed E-state index contributed by atoms with van der Waals surface area (Å²) in [5, 5.41) is 34.5. The van der Waals surface area contributed by atoms with Crippen LogP contribution in [-0.2, 0) is 19.3 Å². The smallest absolute Gasteiger partial charge is 0.306 e. The Morgan fingerprint density at radius 2 is 1.39 bits per heavy atom. The maximum Gasteiger partial charge on any atom is 0.306 e. The Balaban J connectivity index is 0. The Kier molecular flexibility index (Phi) is 20.4. The van der Waals surface area contributed by atoms with Gasteiger partial charge in [0.2, 0.25) is 0 Å². The molecule has 9 heteroatoms. The van der Waals surface area contributed by atoms with Crippen molar-refractivity contribution in [1.82, 2.24) is 5.39 Å². The minimum Gasteiger partial charge on any atom is -0.481 e. The number of rotatable bonds is 14. The minimum atomic E-state index is -0.643. The van der Waals surface area contributed by atoms with Gasteiger partial charge in [-0.25, -0.2) is 14.5 Å². The van der Waals surface area contributed by atoms with Crippen molar-refractivity contribution in [3.05, 3.63) is 0 Å². The molecule has 1 unspecified atom stereocenters. The second kappa shape index (κ2) is 19.2. The number of unbranched alkanes of at least 4 members (excludes halogenated alkanes) is 1. The summed E-state index contributed by atoms with van der Waals surface area (Å²) in [5.41, 5.74) is 0. The third kappa shape index (κ3) is 17.4. The zero-order valence-electron chi connectivity index (χ0n) is 14.0. The van der Waals surface area contributed by atoms with Crippen LogP contribution in [0.1, 0.15) is 39.5 Å². The van der Waals surface area contributed by atoms with E-state index in [1.54, 1.807) is 0 Å². The fourth-order valence-corrected chi connectivity index (χ4v) is 1.41. The summed E-state index contributed by atoms with van der Waals surface area (Å²) in [7, 11) is 0. The summed E-state index contributed by atoms with van der Waals surface area (Å²) >= 11 is 0. The van der Waals surface area contributed by atoms with Crippen LogP contribution in [-0.4, -0.2) is 71.4 Å². The third-order valence-corrected chi connectivity index (χ3v) is 2.61. The van der Waals surface area contributed by atoms with Gasteiger partial charge in [-0.1, -0.05) is 26.7 Å². The van der Waals surface area contributed by atoms with Crippen molar-refractivity contribution >= 4 is 5.97 Å². The van der Waals surface area contributed by atoms with Gasteiger partial charge >= 0.3 is 5.97 Å². The number of aliphatic hydroxyl groups excluding tert-OH is 3. The van der Waals surface area contributed by atoms with E-state index >= 15 is 0 Å². The molecule has 0 saturated heterocycles. The molecule has 1 atom stereocenters. The van der Waals surface area contributed by atoms with Crippen LogP contribution in [0.4, 0.5) is 0 Å². The van der Waals surface area contributed by atoms with Crippen LogP contribution in [0.25, 0.3) is 0 Å². The topological polar surface area (TPSA) is 129 Å². The number of carboxylic acids is 1. The van der Waals surface area contributed by atoms with Gasteiger partial charge in [-0.2, -0.15) is 0 Å². The minimum absolute atomic E-state index is 0.0108. The summed E-state index contributed by atoms with van der Waals surface area (Å²) in [4.78, 5) is 24.6. The monoisotopic (exact) mass is 341 g/mol. The average Bonchev–Trinajstić information content (AvgIpc) is 2.55. The van der Waals surface area contributed by atoms with Gasteiger partial charge in [0.25, 0.3) is 0 Å². The van der Waals surface area contributed by atoms with E-state index in [2.05, 4.69) is 6.92 Å². The molecular weight excluding hydrogens is 310 g/mol. The normalized spacial score (nSPS) is 11.9. The van der Waals surface area contributed by atoms with Crippen LogP contribution in [0, 0.1) is 5.92 Å². The summed E-state index contributed by atoms with van der Waals surface area (Å²) < 4.78 is 0. The van der Waals surface area contributed by atoms with Crippen LogP contribution in [0.3, 0.4) is 0 Å². The molecule has 0 saturated carbocycles. The van der Waals surface area contributed by atoms with E-state index < -0.39 is 5.97 Å². The molecule has 0 fully saturated rings. The highest BCUT2D eigenvalue weighted by Crippen LogP contribution is 2.11. The van der Waals surface area contributed by atoms with Crippen molar-refractivity contribution in [3.63, 3.8) is 0 Å². The summed E-state index contributed by atoms with van der Waals surface area (Å²) in [6.45, 7) is 3.50. The summed E-state index contributed by atoms with van der Waals surface area (Å²) in [6, 6.07) is 0. The third-order valence-electron chi connectivity index (χ3n) is 2.61. The first-order chi connectivity index (χ1) is 11.1. The second-order valence-corrected chi connectivity index (χ2v) is 4.48. The van der Waals surface area contributed by atoms with Crippen molar-refractivity contribution in [2.45, 2.75) is 39.5 Å². The highest BCUT2D eigenvalue weighted by molar-refractivity contribution is 5.69. The molecule has 0 rings (SSSR count). The Labute approximate surface area is 137 Å². The number of aliphatic carboxylic acids is 1. The van der Waals surface area contributed by atoms with Gasteiger partial charge < -0.3 is 20.4 Å². The molecule has 0 aromatic rings. The molecule has 0 aliphatic carbocycles. The van der Waals surface area contributed by atoms with Gasteiger partial charge in [-0.3, -0.25) is 4.79 Å². The van der Waals surface area contributed by atoms with Gasteiger partial charge in [0, 0.05) is 0 Å². The molecule has 0 aliphatic rings. The van der Waals surface area contributed by atoms with E-state index in [-0.39, 0.29) is 45.6 Å². The number of hydrogen-bond acceptors (Lipinski definition) is 8. The predicted octanol–water partition coefficient (Wildman–Crippen LogP) is 0.348. The highest BCUT2D eigenvalue weighted by Gasteiger charge is 2.12. The molecule has 0 spiro atoms. The molecule has 0 aromatic heterocycles. The molecule has 0 bridgehead atoms. The zero-order chi connectivity index (χ0) is 17.9. The molecule has 23 heavy (non-hydrogen) atoms. The number of carbonyl (C=O) groups is 1. The van der Waals surface area contributed by atoms with Crippen LogP contribution in [0.5, 0.6) is 0 Å². The van der Waals surface area contributed by atoms with E-state index in [1.807, 2.05) is 6.92 Å². The first-order valence-corrected chi connectivity index (χ1v) is 7.81. The van der Waals surface area contributed by atoms with Crippen molar-refractivity contribution in [2.24, 2.45) is 5.92 Å². The fraction of sp³-hybridized carbons (Fsp3) is 0.929. The molecule has 140 valence electrons. The Morgan fingerprint density at radius 1 is 0.957 bits per heavy atom. The number of carboxylic acid groups (broad SMARTS) is 1. The molecule has 9 nitrogen and oxygen atoms in total. The average molecular weight is 341 g/mol. The van der Waals surface area contributed by atoms with Gasteiger partial charge in [0.15, 0.2) is 0 Å². The quantitative estimate of drug-likeness (QED) is 0.331. The van der Waals surface area contributed by atoms with E-state index in [9.17, 15) is 4.79 Å². The van der Waals surface area contributed by atoms with E-state index in [4.69, 9.17) is 34.9 Å². The second-order valence-electron chi connectivity index (χ2n) is 4.48. The summed E-state index contributed by atoms with van der Waals surface area (Å²) in [6.07, 6.45) is 3.71. The lowest BCUT2D eigenvalue weighted by Gasteiger charge is -2.17. The van der Waals surface area contributed by atoms with Crippen LogP contribution >= 0.6 is 0 Å². The van der Waals surface area contributed by atoms with Gasteiger partial charge in [0.1, 0.15) is 0 Å². The molecule has 0 radical (unpaired) electrons. The van der Waals surface area contributed by atoms with Crippen LogP contribution in [0.15, 0.2) is 0 Å². The van der Waals surface area contributed by atoms with E-state index in [0.717, 1.165) is 25.7 Å². The lowest BCUT2D eigenvalue weighted by Crippen LogP contribution is -2.28. The van der Waals surface area contributed by atoms with E-state index in [1.165, 1.54) is 0 Å². The molecule has 0 amide bonds. The highest BCUT2D eigenvalue weighted by atomic mass is 17.2. The number of nitrogens with zero attached hydrogens (tertiary/aromatic N) is 1. The number of hydrogen-bond donors (Lipinski definition) is 4. The Bertz CT molecular complexity index is 236. The van der Waals surface area contributed by atoms with Crippen molar-refractivity contribution in [2.75, 3.05) is 39.6 Å². The van der Waals surface area contributed by atoms with Crippen LogP contribution < -0.4 is 0 Å². The molecule has 0 heterocycles. The fourth-order valence-electron chi connectivity index (χ4n) is 1.41. The number of aliphatic hydroxyl groups is 3. The maximum absolute atomic E-state index is 10.4. The zero-order valence-corrected chi connectivity index (χ0v) is 14.0. The van der Waals surface area contributed by atoms with Gasteiger partial charge in [0.05, 0.1) is 50.9 Å². The Morgan fingerprint density at radius 3 is 1.65 bits per heavy atom. The molecule has 4 N–H and O–H groups in total. The van der Waals surface area contributed by atoms with Crippen molar-refractivity contribution in [3.8, 4) is 0 Å². The SMILES string of the molecule is CCCCC(CC)C(=O)O.OCCON(OCCO)OCCO.